The van der Waals surface area contributed by atoms with Crippen LogP contribution in [0.4, 0.5) is 13.2 Å². The maximum atomic E-state index is 12.3. The van der Waals surface area contributed by atoms with Gasteiger partial charge in [-0.2, -0.15) is 17.5 Å². The number of hydrogen-bond donors (Lipinski definition) is 1. The molecule has 4 nitrogen and oxygen atoms in total. The molecule has 0 bridgehead atoms. The van der Waals surface area contributed by atoms with Crippen LogP contribution in [0.25, 0.3) is 0 Å². The van der Waals surface area contributed by atoms with E-state index in [0.29, 0.717) is 26.1 Å². The van der Waals surface area contributed by atoms with Gasteiger partial charge < -0.3 is 5.73 Å². The maximum absolute atomic E-state index is 12.3. The lowest BCUT2D eigenvalue weighted by molar-refractivity contribution is -0.0328. The molecule has 1 heterocycles. The van der Waals surface area contributed by atoms with E-state index < -0.39 is 15.5 Å². The predicted octanol–water partition coefficient (Wildman–Crippen LogP) is 2.27. The molecule has 2 rings (SSSR count). The first kappa shape index (κ1) is 16.6. The number of nitrogens with zero attached hydrogens (tertiary/aromatic N) is 1. The van der Waals surface area contributed by atoms with Crippen molar-refractivity contribution in [2.75, 3.05) is 19.6 Å². The monoisotopic (exact) mass is 340 g/mol. The van der Waals surface area contributed by atoms with Crippen molar-refractivity contribution >= 4 is 21.8 Å². The highest BCUT2D eigenvalue weighted by atomic mass is 32.2. The minimum atomic E-state index is -4.39. The molecule has 0 aromatic heterocycles. The molecule has 1 fully saturated rings. The molecule has 0 saturated carbocycles. The maximum Gasteiger partial charge on any atom is 0.446 e. The van der Waals surface area contributed by atoms with E-state index in [1.165, 1.54) is 28.6 Å². The molecule has 21 heavy (non-hydrogen) atoms. The number of benzene rings is 1. The van der Waals surface area contributed by atoms with Crippen molar-refractivity contribution in [3.63, 3.8) is 0 Å². The van der Waals surface area contributed by atoms with Gasteiger partial charge in [0.1, 0.15) is 0 Å². The lowest BCUT2D eigenvalue weighted by Gasteiger charge is -2.16. The van der Waals surface area contributed by atoms with Crippen LogP contribution in [0.1, 0.15) is 6.42 Å². The van der Waals surface area contributed by atoms with Crippen LogP contribution < -0.4 is 5.73 Å². The van der Waals surface area contributed by atoms with Crippen molar-refractivity contribution in [3.8, 4) is 0 Å². The number of sulfonamides is 1. The Morgan fingerprint density at radius 1 is 1.29 bits per heavy atom. The molecule has 1 aliphatic heterocycles. The van der Waals surface area contributed by atoms with Crippen molar-refractivity contribution in [3.05, 3.63) is 24.3 Å². The summed E-state index contributed by atoms with van der Waals surface area (Å²) in [6.07, 6.45) is 0.706. The Balaban J connectivity index is 2.14. The van der Waals surface area contributed by atoms with Crippen molar-refractivity contribution in [1.29, 1.82) is 0 Å². The van der Waals surface area contributed by atoms with Gasteiger partial charge in [0, 0.05) is 18.0 Å². The van der Waals surface area contributed by atoms with Gasteiger partial charge in [0.15, 0.2) is 0 Å². The highest BCUT2D eigenvalue weighted by Crippen LogP contribution is 2.37. The fourth-order valence-electron chi connectivity index (χ4n) is 2.17. The largest absolute Gasteiger partial charge is 0.446 e. The summed E-state index contributed by atoms with van der Waals surface area (Å²) in [5.74, 6) is 0.139. The summed E-state index contributed by atoms with van der Waals surface area (Å²) < 4.78 is 62.7. The first-order valence-corrected chi connectivity index (χ1v) is 8.54. The number of alkyl halides is 3. The zero-order valence-electron chi connectivity index (χ0n) is 11.0. The Labute approximate surface area is 125 Å². The predicted molar refractivity (Wildman–Crippen MR) is 74.3 cm³/mol. The summed E-state index contributed by atoms with van der Waals surface area (Å²) >= 11 is -0.269. The summed E-state index contributed by atoms with van der Waals surface area (Å²) in [5, 5.41) is 0. The average molecular weight is 340 g/mol. The van der Waals surface area contributed by atoms with Crippen molar-refractivity contribution in [2.45, 2.75) is 21.7 Å². The van der Waals surface area contributed by atoms with Crippen LogP contribution >= 0.6 is 11.8 Å². The molecule has 1 aromatic carbocycles. The van der Waals surface area contributed by atoms with Gasteiger partial charge in [-0.05, 0) is 54.9 Å². The highest BCUT2D eigenvalue weighted by Gasteiger charge is 2.32. The topological polar surface area (TPSA) is 63.4 Å². The number of hydrogen-bond acceptors (Lipinski definition) is 4. The van der Waals surface area contributed by atoms with Gasteiger partial charge in [-0.25, -0.2) is 8.42 Å². The fourth-order valence-corrected chi connectivity index (χ4v) is 4.24. The molecule has 118 valence electrons. The van der Waals surface area contributed by atoms with Crippen LogP contribution in [0.15, 0.2) is 34.1 Å². The lowest BCUT2D eigenvalue weighted by Crippen LogP contribution is -2.30. The molecule has 2 N–H and O–H groups in total. The molecule has 1 aromatic rings. The Kier molecular flexibility index (Phi) is 4.86. The zero-order chi connectivity index (χ0) is 15.7. The molecule has 1 unspecified atom stereocenters. The van der Waals surface area contributed by atoms with E-state index in [9.17, 15) is 21.6 Å². The standard InChI is InChI=1S/C12H15F3N2O2S2/c13-12(14,15)20-10-1-3-11(4-2-10)21(18,19)17-6-5-9(7-16)8-17/h1-4,9H,5-8,16H2. The zero-order valence-corrected chi connectivity index (χ0v) is 12.6. The summed E-state index contributed by atoms with van der Waals surface area (Å²) in [4.78, 5) is -0.0330. The van der Waals surface area contributed by atoms with E-state index >= 15 is 0 Å². The summed E-state index contributed by atoms with van der Waals surface area (Å²) in [6.45, 7) is 1.17. The van der Waals surface area contributed by atoms with Gasteiger partial charge in [-0.1, -0.05) is 0 Å². The third-order valence-electron chi connectivity index (χ3n) is 3.28. The molecule has 0 spiro atoms. The van der Waals surface area contributed by atoms with E-state index in [0.717, 1.165) is 0 Å². The van der Waals surface area contributed by atoms with Crippen LogP contribution in [0.3, 0.4) is 0 Å². The quantitative estimate of drug-likeness (QED) is 0.854. The van der Waals surface area contributed by atoms with E-state index in [2.05, 4.69) is 0 Å². The second-order valence-corrected chi connectivity index (χ2v) is 7.85. The van der Waals surface area contributed by atoms with Gasteiger partial charge in [-0.3, -0.25) is 0 Å². The van der Waals surface area contributed by atoms with Crippen LogP contribution in [-0.2, 0) is 10.0 Å². The van der Waals surface area contributed by atoms with Crippen LogP contribution in [-0.4, -0.2) is 37.9 Å². The van der Waals surface area contributed by atoms with E-state index in [1.54, 1.807) is 0 Å². The Hall–Kier alpha value is -0.770. The second-order valence-electron chi connectivity index (χ2n) is 4.77. The molecule has 9 heteroatoms. The second kappa shape index (κ2) is 6.15. The Morgan fingerprint density at radius 3 is 2.38 bits per heavy atom. The molecule has 0 amide bonds. The molecule has 1 aliphatic rings. The molecule has 0 aliphatic carbocycles. The van der Waals surface area contributed by atoms with Gasteiger partial charge in [0.2, 0.25) is 10.0 Å². The number of halogens is 3. The first-order chi connectivity index (χ1) is 9.72. The van der Waals surface area contributed by atoms with Crippen LogP contribution in [0.2, 0.25) is 0 Å². The fraction of sp³-hybridized carbons (Fsp3) is 0.500. The minimum Gasteiger partial charge on any atom is -0.330 e. The summed E-state index contributed by atoms with van der Waals surface area (Å²) in [5.41, 5.74) is 1.14. The number of rotatable bonds is 4. The third kappa shape index (κ3) is 4.12. The Morgan fingerprint density at radius 2 is 1.90 bits per heavy atom. The molecule has 1 saturated heterocycles. The number of nitrogens with two attached hydrogens (primary N) is 1. The van der Waals surface area contributed by atoms with Gasteiger partial charge in [0.05, 0.1) is 4.90 Å². The first-order valence-electron chi connectivity index (χ1n) is 6.28. The molecule has 1 atom stereocenters. The number of thioether (sulfide) groups is 1. The van der Waals surface area contributed by atoms with Crippen molar-refractivity contribution in [1.82, 2.24) is 4.31 Å². The molecule has 0 radical (unpaired) electrons. The average Bonchev–Trinajstić information content (AvgIpc) is 2.87. The summed E-state index contributed by atoms with van der Waals surface area (Å²) in [6, 6.07) is 4.75. The minimum absolute atomic E-state index is 0.00620. The highest BCUT2D eigenvalue weighted by molar-refractivity contribution is 8.00. The van der Waals surface area contributed by atoms with Crippen molar-refractivity contribution in [2.24, 2.45) is 11.7 Å². The third-order valence-corrected chi connectivity index (χ3v) is 5.90. The van der Waals surface area contributed by atoms with Gasteiger partial charge >= 0.3 is 5.51 Å². The van der Waals surface area contributed by atoms with Crippen molar-refractivity contribution < 1.29 is 21.6 Å². The lowest BCUT2D eigenvalue weighted by atomic mass is 10.1. The van der Waals surface area contributed by atoms with Crippen LogP contribution in [0, 0.1) is 5.92 Å². The van der Waals surface area contributed by atoms with Gasteiger partial charge in [-0.15, -0.1) is 0 Å². The molecular weight excluding hydrogens is 325 g/mol. The summed E-state index contributed by atoms with van der Waals surface area (Å²) in [7, 11) is -3.65. The SMILES string of the molecule is NCC1CCN(S(=O)(=O)c2ccc(SC(F)(F)F)cc2)C1. The Bertz CT molecular complexity index is 588. The van der Waals surface area contributed by atoms with E-state index in [-0.39, 0.29) is 27.5 Å². The van der Waals surface area contributed by atoms with Crippen LogP contribution in [0.5, 0.6) is 0 Å². The smallest absolute Gasteiger partial charge is 0.330 e. The van der Waals surface area contributed by atoms with Gasteiger partial charge in [0.25, 0.3) is 0 Å². The van der Waals surface area contributed by atoms with E-state index in [1.807, 2.05) is 0 Å². The molecular formula is C12H15F3N2O2S2. The van der Waals surface area contributed by atoms with E-state index in [4.69, 9.17) is 5.73 Å². The normalized spacial score (nSPS) is 20.9.